The molecule has 4 aliphatic rings. The van der Waals surface area contributed by atoms with Gasteiger partial charge in [0.25, 0.3) is 0 Å². The third-order valence-corrected chi connectivity index (χ3v) is 6.33. The first kappa shape index (κ1) is 12.9. The number of benzene rings is 1. The summed E-state index contributed by atoms with van der Waals surface area (Å²) in [5.41, 5.74) is 5.74. The van der Waals surface area contributed by atoms with Crippen molar-refractivity contribution < 1.29 is 5.11 Å². The summed E-state index contributed by atoms with van der Waals surface area (Å²) in [6.45, 7) is 3.55. The molecule has 3 fully saturated rings. The van der Waals surface area contributed by atoms with Crippen LogP contribution in [0, 0.1) is 11.8 Å². The Kier molecular flexibility index (Phi) is 2.62. The number of fused-ring (bicyclic) bond motifs is 4. The van der Waals surface area contributed by atoms with Crippen LogP contribution in [-0.2, 0) is 6.42 Å². The fraction of sp³-hybridized carbons (Fsp3) is 0.474. The van der Waals surface area contributed by atoms with E-state index in [1.165, 1.54) is 27.7 Å². The molecule has 3 saturated heterocycles. The number of aromatic nitrogens is 1. The summed E-state index contributed by atoms with van der Waals surface area (Å²) in [6, 6.07) is 9.68. The summed E-state index contributed by atoms with van der Waals surface area (Å²) >= 11 is 0. The fourth-order valence-corrected chi connectivity index (χ4v) is 5.32. The number of H-pyrrole nitrogens is 1. The van der Waals surface area contributed by atoms with E-state index in [1.807, 2.05) is 0 Å². The van der Waals surface area contributed by atoms with Gasteiger partial charge in [0.1, 0.15) is 0 Å². The fourth-order valence-electron chi connectivity index (χ4n) is 5.32. The average Bonchev–Trinajstić information content (AvgIpc) is 2.93. The molecule has 0 amide bonds. The van der Waals surface area contributed by atoms with Gasteiger partial charge in [-0.3, -0.25) is 4.90 Å². The number of aliphatic hydroxyl groups is 1. The molecule has 5 heterocycles. The molecule has 4 bridgehead atoms. The van der Waals surface area contributed by atoms with E-state index in [9.17, 15) is 5.11 Å². The van der Waals surface area contributed by atoms with Crippen LogP contribution in [0.1, 0.15) is 30.6 Å². The maximum absolute atomic E-state index is 9.99. The molecule has 0 saturated carbocycles. The van der Waals surface area contributed by atoms with Gasteiger partial charge in [-0.1, -0.05) is 29.8 Å². The number of para-hydroxylation sites is 1. The van der Waals surface area contributed by atoms with Gasteiger partial charge in [0.2, 0.25) is 0 Å². The average molecular weight is 294 g/mol. The monoisotopic (exact) mass is 294 g/mol. The van der Waals surface area contributed by atoms with Crippen LogP contribution in [0.2, 0.25) is 0 Å². The van der Waals surface area contributed by atoms with E-state index >= 15 is 0 Å². The Morgan fingerprint density at radius 2 is 2.23 bits per heavy atom. The second kappa shape index (κ2) is 4.46. The minimum Gasteiger partial charge on any atom is -0.396 e. The second-order valence-corrected chi connectivity index (χ2v) is 7.07. The Morgan fingerprint density at radius 1 is 1.36 bits per heavy atom. The number of nitrogens with one attached hydrogen (secondary N) is 1. The molecule has 6 rings (SSSR count). The van der Waals surface area contributed by atoms with E-state index in [1.54, 1.807) is 0 Å². The van der Waals surface area contributed by atoms with Crippen molar-refractivity contribution in [1.82, 2.24) is 9.88 Å². The molecule has 1 aromatic carbocycles. The maximum atomic E-state index is 9.99. The van der Waals surface area contributed by atoms with Crippen molar-refractivity contribution in [3.63, 3.8) is 0 Å². The molecule has 4 aliphatic heterocycles. The summed E-state index contributed by atoms with van der Waals surface area (Å²) in [6.07, 6.45) is 4.51. The molecular formula is C19H22N2O. The van der Waals surface area contributed by atoms with Crippen LogP contribution in [0.5, 0.6) is 0 Å². The van der Waals surface area contributed by atoms with Crippen LogP contribution in [0.4, 0.5) is 0 Å². The molecule has 1 aromatic heterocycles. The van der Waals surface area contributed by atoms with Crippen molar-refractivity contribution in [3.8, 4) is 0 Å². The molecule has 2 aromatic rings. The number of hydrogen-bond acceptors (Lipinski definition) is 2. The molecule has 1 unspecified atom stereocenters. The minimum absolute atomic E-state index is 0.313. The summed E-state index contributed by atoms with van der Waals surface area (Å²) in [5.74, 6) is 0.965. The third kappa shape index (κ3) is 1.48. The highest BCUT2D eigenvalue weighted by Gasteiger charge is 2.52. The standard InChI is InChI=1S/C19H22N2O/c1-2-11-9-21-17-8-14-12-5-3-4-6-16(12)20-19(14)18(21)7-13(11)15(17)10-22/h2-6,13,15,17-18,20,22H,7-10H2,1H3/b11-2-/t13-,15+,17-,18-/m0/s1. The zero-order valence-electron chi connectivity index (χ0n) is 12.9. The van der Waals surface area contributed by atoms with Gasteiger partial charge in [-0.2, -0.15) is 0 Å². The lowest BCUT2D eigenvalue weighted by Gasteiger charge is -2.58. The van der Waals surface area contributed by atoms with Gasteiger partial charge in [-0.15, -0.1) is 0 Å². The number of aromatic amines is 1. The topological polar surface area (TPSA) is 39.3 Å². The molecule has 114 valence electrons. The molecule has 3 heteroatoms. The van der Waals surface area contributed by atoms with Gasteiger partial charge in [0.05, 0.1) is 6.04 Å². The van der Waals surface area contributed by atoms with Gasteiger partial charge in [-0.25, -0.2) is 0 Å². The molecule has 5 atom stereocenters. The van der Waals surface area contributed by atoms with Gasteiger partial charge in [0, 0.05) is 41.7 Å². The predicted molar refractivity (Wildman–Crippen MR) is 87.7 cm³/mol. The van der Waals surface area contributed by atoms with Crippen LogP contribution in [-0.4, -0.2) is 34.2 Å². The van der Waals surface area contributed by atoms with Crippen molar-refractivity contribution in [3.05, 3.63) is 47.2 Å². The Morgan fingerprint density at radius 3 is 3.05 bits per heavy atom. The third-order valence-electron chi connectivity index (χ3n) is 6.33. The predicted octanol–water partition coefficient (Wildman–Crippen LogP) is 3.02. The van der Waals surface area contributed by atoms with Gasteiger partial charge in [-0.05, 0) is 37.3 Å². The molecule has 3 nitrogen and oxygen atoms in total. The lowest BCUT2D eigenvalue weighted by atomic mass is 9.64. The number of hydrogen-bond donors (Lipinski definition) is 2. The van der Waals surface area contributed by atoms with E-state index in [2.05, 4.69) is 47.1 Å². The highest BCUT2D eigenvalue weighted by atomic mass is 16.3. The second-order valence-electron chi connectivity index (χ2n) is 7.07. The van der Waals surface area contributed by atoms with E-state index in [-0.39, 0.29) is 0 Å². The lowest BCUT2D eigenvalue weighted by molar-refractivity contribution is -0.0503. The van der Waals surface area contributed by atoms with Crippen LogP contribution >= 0.6 is 0 Å². The molecule has 22 heavy (non-hydrogen) atoms. The van der Waals surface area contributed by atoms with Crippen molar-refractivity contribution in [1.29, 1.82) is 0 Å². The quantitative estimate of drug-likeness (QED) is 0.794. The molecule has 0 spiro atoms. The van der Waals surface area contributed by atoms with Gasteiger partial charge in [0.15, 0.2) is 0 Å². The first-order valence-corrected chi connectivity index (χ1v) is 8.43. The Balaban J connectivity index is 1.69. The van der Waals surface area contributed by atoms with E-state index in [0.29, 0.717) is 30.5 Å². The lowest BCUT2D eigenvalue weighted by Crippen LogP contribution is -2.60. The van der Waals surface area contributed by atoms with Gasteiger partial charge < -0.3 is 10.1 Å². The Labute approximate surface area is 130 Å². The van der Waals surface area contributed by atoms with Crippen molar-refractivity contribution in [2.45, 2.75) is 31.8 Å². The summed E-state index contributed by atoms with van der Waals surface area (Å²) in [5, 5.41) is 11.4. The molecule has 0 radical (unpaired) electrons. The molecule has 0 aliphatic carbocycles. The minimum atomic E-state index is 0.313. The highest BCUT2D eigenvalue weighted by molar-refractivity contribution is 5.85. The van der Waals surface area contributed by atoms with Crippen molar-refractivity contribution in [2.75, 3.05) is 13.2 Å². The number of nitrogens with zero attached hydrogens (tertiary/aromatic N) is 1. The normalized spacial score (nSPS) is 37.7. The summed E-state index contributed by atoms with van der Waals surface area (Å²) < 4.78 is 0. The van der Waals surface area contributed by atoms with Crippen molar-refractivity contribution in [2.24, 2.45) is 11.8 Å². The summed E-state index contributed by atoms with van der Waals surface area (Å²) in [7, 11) is 0. The molecular weight excluding hydrogens is 272 g/mol. The first-order chi connectivity index (χ1) is 10.8. The zero-order valence-corrected chi connectivity index (χ0v) is 12.9. The number of allylic oxidation sites excluding steroid dienone is 1. The van der Waals surface area contributed by atoms with Crippen LogP contribution in [0.15, 0.2) is 35.9 Å². The Hall–Kier alpha value is -1.58. The Bertz CT molecular complexity index is 775. The largest absolute Gasteiger partial charge is 0.396 e. The van der Waals surface area contributed by atoms with Crippen LogP contribution < -0.4 is 0 Å². The molecule has 2 N–H and O–H groups in total. The summed E-state index contributed by atoms with van der Waals surface area (Å²) in [4.78, 5) is 6.35. The number of aliphatic hydroxyl groups excluding tert-OH is 1. The van der Waals surface area contributed by atoms with Gasteiger partial charge >= 0.3 is 0 Å². The first-order valence-electron chi connectivity index (χ1n) is 8.43. The van der Waals surface area contributed by atoms with E-state index < -0.39 is 0 Å². The zero-order chi connectivity index (χ0) is 14.8. The van der Waals surface area contributed by atoms with E-state index in [4.69, 9.17) is 0 Å². The van der Waals surface area contributed by atoms with Crippen LogP contribution in [0.3, 0.4) is 0 Å². The number of rotatable bonds is 1. The maximum Gasteiger partial charge on any atom is 0.0514 e. The van der Waals surface area contributed by atoms with Crippen molar-refractivity contribution >= 4 is 10.9 Å². The van der Waals surface area contributed by atoms with Crippen LogP contribution in [0.25, 0.3) is 10.9 Å². The van der Waals surface area contributed by atoms with E-state index in [0.717, 1.165) is 19.4 Å². The number of piperidine rings is 3. The SMILES string of the molecule is C/C=C1/CN2[C@H]3C[C@@H]1[C@@H](CO)[C@@H]2Cc1c3[nH]c2ccccc12. The smallest absolute Gasteiger partial charge is 0.0514 e. The highest BCUT2D eigenvalue weighted by Crippen LogP contribution is 2.53.